The molecule has 0 fully saturated rings. The number of methoxy groups -OCH3 is 2. The van der Waals surface area contributed by atoms with Crippen LogP contribution in [-0.4, -0.2) is 40.5 Å². The van der Waals surface area contributed by atoms with Crippen LogP contribution in [0.1, 0.15) is 26.3 Å². The third kappa shape index (κ3) is 5.38. The minimum atomic E-state index is -3.82. The summed E-state index contributed by atoms with van der Waals surface area (Å²) in [7, 11) is -1.43. The normalized spacial score (nSPS) is 10.8. The molecule has 9 nitrogen and oxygen atoms in total. The highest BCUT2D eigenvalue weighted by Gasteiger charge is 2.15. The zero-order chi connectivity index (χ0) is 20.9. The predicted molar refractivity (Wildman–Crippen MR) is 99.3 cm³/mol. The van der Waals surface area contributed by atoms with E-state index in [9.17, 15) is 22.8 Å². The van der Waals surface area contributed by atoms with E-state index in [-0.39, 0.29) is 28.1 Å². The van der Waals surface area contributed by atoms with Crippen LogP contribution in [0.25, 0.3) is 0 Å². The second-order valence-corrected chi connectivity index (χ2v) is 7.26. The maximum atomic E-state index is 12.3. The molecule has 0 aliphatic heterocycles. The third-order valence-corrected chi connectivity index (χ3v) is 4.60. The Balaban J connectivity index is 2.20. The molecule has 0 atom stereocenters. The van der Waals surface area contributed by atoms with Gasteiger partial charge in [-0.25, -0.2) is 23.1 Å². The summed E-state index contributed by atoms with van der Waals surface area (Å²) in [4.78, 5) is 35.8. The van der Waals surface area contributed by atoms with E-state index in [0.717, 1.165) is 0 Å². The molecule has 0 aliphatic rings. The van der Waals surface area contributed by atoms with Crippen LogP contribution in [0.4, 0.5) is 5.69 Å². The largest absolute Gasteiger partial charge is 0.465 e. The number of amides is 1. The average Bonchev–Trinajstić information content (AvgIpc) is 2.65. The first kappa shape index (κ1) is 21.1. The summed E-state index contributed by atoms with van der Waals surface area (Å²) in [6, 6.07) is 9.53. The lowest BCUT2D eigenvalue weighted by Crippen LogP contribution is -2.16. The molecule has 2 aromatic carbocycles. The zero-order valence-electron chi connectivity index (χ0n) is 15.1. The summed E-state index contributed by atoms with van der Waals surface area (Å²) in [5, 5.41) is 7.60. The first-order chi connectivity index (χ1) is 13.1. The minimum Gasteiger partial charge on any atom is -0.465 e. The van der Waals surface area contributed by atoms with Gasteiger partial charge in [0.1, 0.15) is 0 Å². The van der Waals surface area contributed by atoms with Crippen LogP contribution in [0.2, 0.25) is 0 Å². The Morgan fingerprint density at radius 2 is 1.43 bits per heavy atom. The van der Waals surface area contributed by atoms with E-state index in [1.807, 2.05) is 0 Å². The quantitative estimate of drug-likeness (QED) is 0.684. The smallest absolute Gasteiger partial charge is 0.337 e. The van der Waals surface area contributed by atoms with Gasteiger partial charge in [-0.3, -0.25) is 4.79 Å². The van der Waals surface area contributed by atoms with Crippen molar-refractivity contribution in [3.63, 3.8) is 0 Å². The number of carbonyl (C=O) groups excluding carboxylic acids is 3. The fourth-order valence-electron chi connectivity index (χ4n) is 2.36. The molecule has 0 radical (unpaired) electrons. The van der Waals surface area contributed by atoms with E-state index in [4.69, 9.17) is 5.14 Å². The number of anilines is 1. The van der Waals surface area contributed by atoms with Crippen LogP contribution < -0.4 is 10.5 Å². The first-order valence-electron chi connectivity index (χ1n) is 7.87. The molecular formula is C18H18N2O7S. The third-order valence-electron chi connectivity index (χ3n) is 3.68. The van der Waals surface area contributed by atoms with Gasteiger partial charge < -0.3 is 14.8 Å². The maximum absolute atomic E-state index is 12.3. The van der Waals surface area contributed by atoms with Gasteiger partial charge in [0.25, 0.3) is 0 Å². The number of hydrogen-bond acceptors (Lipinski definition) is 7. The van der Waals surface area contributed by atoms with Gasteiger partial charge in [-0.1, -0.05) is 12.1 Å². The van der Waals surface area contributed by atoms with E-state index in [0.29, 0.717) is 5.56 Å². The van der Waals surface area contributed by atoms with Crippen molar-refractivity contribution in [1.82, 2.24) is 0 Å². The second-order valence-electron chi connectivity index (χ2n) is 5.70. The minimum absolute atomic E-state index is 0.0647. The number of benzene rings is 2. The molecule has 0 unspecified atom stereocenters. The molecule has 0 heterocycles. The summed E-state index contributed by atoms with van der Waals surface area (Å²) < 4.78 is 31.8. The van der Waals surface area contributed by atoms with Gasteiger partial charge in [0.05, 0.1) is 36.7 Å². The fraction of sp³-hybridized carbons (Fsp3) is 0.167. The molecule has 0 saturated carbocycles. The van der Waals surface area contributed by atoms with Crippen LogP contribution >= 0.6 is 0 Å². The van der Waals surface area contributed by atoms with Gasteiger partial charge in [0.15, 0.2) is 0 Å². The molecule has 0 spiro atoms. The van der Waals surface area contributed by atoms with Crippen LogP contribution in [0, 0.1) is 0 Å². The highest BCUT2D eigenvalue weighted by molar-refractivity contribution is 7.89. The Morgan fingerprint density at radius 1 is 0.929 bits per heavy atom. The number of primary sulfonamides is 1. The summed E-state index contributed by atoms with van der Waals surface area (Å²) in [6.45, 7) is 0. The van der Waals surface area contributed by atoms with E-state index in [1.165, 1.54) is 56.7 Å². The molecule has 28 heavy (non-hydrogen) atoms. The molecular weight excluding hydrogens is 388 g/mol. The van der Waals surface area contributed by atoms with Crippen LogP contribution in [0.5, 0.6) is 0 Å². The molecule has 10 heteroatoms. The van der Waals surface area contributed by atoms with Crippen LogP contribution in [0.15, 0.2) is 47.4 Å². The van der Waals surface area contributed by atoms with E-state index < -0.39 is 27.9 Å². The van der Waals surface area contributed by atoms with Crippen LogP contribution in [-0.2, 0) is 30.7 Å². The number of esters is 2. The van der Waals surface area contributed by atoms with Crippen molar-refractivity contribution in [3.05, 3.63) is 59.2 Å². The molecule has 2 aromatic rings. The highest BCUT2D eigenvalue weighted by Crippen LogP contribution is 2.18. The van der Waals surface area contributed by atoms with E-state index >= 15 is 0 Å². The number of hydrogen-bond donors (Lipinski definition) is 2. The van der Waals surface area contributed by atoms with Gasteiger partial charge in [-0.15, -0.1) is 0 Å². The van der Waals surface area contributed by atoms with Crippen molar-refractivity contribution in [2.75, 3.05) is 19.5 Å². The predicted octanol–water partition coefficient (Wildman–Crippen LogP) is 1.09. The Kier molecular flexibility index (Phi) is 6.49. The van der Waals surface area contributed by atoms with E-state index in [2.05, 4.69) is 14.8 Å². The lowest BCUT2D eigenvalue weighted by molar-refractivity contribution is -0.115. The van der Waals surface area contributed by atoms with Crippen molar-refractivity contribution in [2.24, 2.45) is 5.14 Å². The van der Waals surface area contributed by atoms with E-state index in [1.54, 1.807) is 0 Å². The molecule has 3 N–H and O–H groups in total. The SMILES string of the molecule is COC(=O)c1cc(NC(=O)Cc2ccc(S(N)(=O)=O)cc2)cc(C(=O)OC)c1. The van der Waals surface area contributed by atoms with Gasteiger partial charge >= 0.3 is 11.9 Å². The molecule has 0 aromatic heterocycles. The molecule has 1 amide bonds. The average molecular weight is 406 g/mol. The number of nitrogens with two attached hydrogens (primary N) is 1. The standard InChI is InChI=1S/C18H18N2O7S/c1-26-17(22)12-8-13(18(23)27-2)10-14(9-12)20-16(21)7-11-3-5-15(6-4-11)28(19,24)25/h3-6,8-10H,7H2,1-2H3,(H,20,21)(H2,19,24,25). The summed E-state index contributed by atoms with van der Waals surface area (Å²) in [5.41, 5.74) is 0.882. The fourth-order valence-corrected chi connectivity index (χ4v) is 2.87. The number of rotatable bonds is 6. The second kappa shape index (κ2) is 8.63. The summed E-state index contributed by atoms with van der Waals surface area (Å²) in [5.74, 6) is -1.80. The number of nitrogens with one attached hydrogen (secondary N) is 1. The number of sulfonamides is 1. The van der Waals surface area contributed by atoms with Gasteiger partial charge in [0.2, 0.25) is 15.9 Å². The summed E-state index contributed by atoms with van der Waals surface area (Å²) in [6.07, 6.45) is -0.0685. The molecule has 0 aliphatic carbocycles. The van der Waals surface area contributed by atoms with Gasteiger partial charge in [0, 0.05) is 5.69 Å². The Labute approximate surface area is 161 Å². The van der Waals surface area contributed by atoms with Crippen molar-refractivity contribution < 1.29 is 32.3 Å². The Hall–Kier alpha value is -3.24. The monoisotopic (exact) mass is 406 g/mol. The van der Waals surface area contributed by atoms with Crippen molar-refractivity contribution in [2.45, 2.75) is 11.3 Å². The molecule has 2 rings (SSSR count). The van der Waals surface area contributed by atoms with Gasteiger partial charge in [-0.05, 0) is 35.9 Å². The number of carbonyl (C=O) groups is 3. The lowest BCUT2D eigenvalue weighted by Gasteiger charge is -2.10. The molecule has 0 saturated heterocycles. The van der Waals surface area contributed by atoms with Crippen molar-refractivity contribution in [3.8, 4) is 0 Å². The maximum Gasteiger partial charge on any atom is 0.337 e. The topological polar surface area (TPSA) is 142 Å². The van der Waals surface area contributed by atoms with Gasteiger partial charge in [-0.2, -0.15) is 0 Å². The van der Waals surface area contributed by atoms with Crippen LogP contribution in [0.3, 0.4) is 0 Å². The Morgan fingerprint density at radius 3 is 1.86 bits per heavy atom. The lowest BCUT2D eigenvalue weighted by atomic mass is 10.1. The summed E-state index contributed by atoms with van der Waals surface area (Å²) >= 11 is 0. The number of ether oxygens (including phenoxy) is 2. The molecule has 148 valence electrons. The zero-order valence-corrected chi connectivity index (χ0v) is 15.9. The van der Waals surface area contributed by atoms with Crippen molar-refractivity contribution in [1.29, 1.82) is 0 Å². The highest BCUT2D eigenvalue weighted by atomic mass is 32.2. The molecule has 0 bridgehead atoms. The Bertz CT molecular complexity index is 980. The van der Waals surface area contributed by atoms with Crippen molar-refractivity contribution >= 4 is 33.6 Å². The first-order valence-corrected chi connectivity index (χ1v) is 9.42.